The van der Waals surface area contributed by atoms with E-state index in [4.69, 9.17) is 0 Å². The van der Waals surface area contributed by atoms with E-state index < -0.39 is 0 Å². The first kappa shape index (κ1) is 8.02. The van der Waals surface area contributed by atoms with Gasteiger partial charge in [0.1, 0.15) is 0 Å². The fraction of sp³-hybridized carbons (Fsp3) is 0.250. The maximum atomic E-state index is 4.27. The maximum Gasteiger partial charge on any atom is 0.00725 e. The highest BCUT2D eigenvalue weighted by atomic mass is 32.2. The van der Waals surface area contributed by atoms with E-state index in [9.17, 15) is 0 Å². The molecule has 0 radical (unpaired) electrons. The molecule has 0 spiro atoms. The van der Waals surface area contributed by atoms with Crippen molar-refractivity contribution in [3.8, 4) is 0 Å². The molecule has 0 N–H and O–H groups in total. The highest BCUT2D eigenvalue weighted by molar-refractivity contribution is 7.98. The predicted molar refractivity (Wildman–Crippen MR) is 50.2 cm³/mol. The van der Waals surface area contributed by atoms with Crippen LogP contribution in [0.4, 0.5) is 0 Å². The number of thiol groups is 1. The summed E-state index contributed by atoms with van der Waals surface area (Å²) in [5.74, 6) is 0. The van der Waals surface area contributed by atoms with E-state index in [1.54, 1.807) is 11.8 Å². The molecule has 0 aliphatic rings. The van der Waals surface area contributed by atoms with Crippen molar-refractivity contribution in [2.45, 2.75) is 16.7 Å². The highest BCUT2D eigenvalue weighted by Crippen LogP contribution is 2.20. The van der Waals surface area contributed by atoms with Crippen LogP contribution in [-0.4, -0.2) is 6.26 Å². The molecular weight excluding hydrogens is 160 g/mol. The van der Waals surface area contributed by atoms with Gasteiger partial charge >= 0.3 is 0 Å². The van der Waals surface area contributed by atoms with Crippen LogP contribution in [0.15, 0.2) is 28.0 Å². The molecule has 0 aromatic heterocycles. The molecule has 0 heterocycles. The largest absolute Gasteiger partial charge is 0.143 e. The van der Waals surface area contributed by atoms with Crippen molar-refractivity contribution < 1.29 is 0 Å². The van der Waals surface area contributed by atoms with Gasteiger partial charge in [0, 0.05) is 9.79 Å². The Labute approximate surface area is 71.4 Å². The summed E-state index contributed by atoms with van der Waals surface area (Å²) in [6, 6.07) is 6.26. The van der Waals surface area contributed by atoms with Gasteiger partial charge in [-0.2, -0.15) is 0 Å². The van der Waals surface area contributed by atoms with Gasteiger partial charge in [0.2, 0.25) is 0 Å². The van der Waals surface area contributed by atoms with Gasteiger partial charge in [0.15, 0.2) is 0 Å². The first-order valence-electron chi connectivity index (χ1n) is 3.07. The Morgan fingerprint density at radius 3 is 2.60 bits per heavy atom. The van der Waals surface area contributed by atoms with Gasteiger partial charge in [-0.05, 0) is 36.9 Å². The lowest BCUT2D eigenvalue weighted by atomic mass is 10.2. The smallest absolute Gasteiger partial charge is 0.00725 e. The first-order chi connectivity index (χ1) is 4.74. The molecule has 1 aromatic rings. The molecule has 0 aliphatic carbocycles. The number of hydrogen-bond acceptors (Lipinski definition) is 2. The summed E-state index contributed by atoms with van der Waals surface area (Å²) in [6.07, 6.45) is 2.08. The fourth-order valence-electron chi connectivity index (χ4n) is 0.755. The third kappa shape index (κ3) is 1.70. The molecule has 0 bridgehead atoms. The fourth-order valence-corrected chi connectivity index (χ4v) is 1.39. The van der Waals surface area contributed by atoms with Crippen molar-refractivity contribution in [1.29, 1.82) is 0 Å². The Morgan fingerprint density at radius 1 is 1.40 bits per heavy atom. The van der Waals surface area contributed by atoms with Crippen LogP contribution < -0.4 is 0 Å². The molecule has 0 amide bonds. The normalized spacial score (nSPS) is 9.90. The molecule has 0 saturated carbocycles. The second-order valence-electron chi connectivity index (χ2n) is 2.15. The second-order valence-corrected chi connectivity index (χ2v) is 3.51. The average molecular weight is 170 g/mol. The van der Waals surface area contributed by atoms with Crippen LogP contribution in [0.1, 0.15) is 5.56 Å². The highest BCUT2D eigenvalue weighted by Gasteiger charge is 1.93. The Balaban J connectivity index is 3.04. The van der Waals surface area contributed by atoms with E-state index >= 15 is 0 Å². The van der Waals surface area contributed by atoms with Crippen molar-refractivity contribution in [3.05, 3.63) is 23.8 Å². The van der Waals surface area contributed by atoms with Gasteiger partial charge in [-0.25, -0.2) is 0 Å². The van der Waals surface area contributed by atoms with E-state index in [1.165, 1.54) is 10.5 Å². The quantitative estimate of drug-likeness (QED) is 0.499. The molecule has 1 aromatic carbocycles. The summed E-state index contributed by atoms with van der Waals surface area (Å²) in [4.78, 5) is 2.37. The molecule has 54 valence electrons. The second kappa shape index (κ2) is 3.35. The topological polar surface area (TPSA) is 0 Å². The molecule has 0 aliphatic heterocycles. The van der Waals surface area contributed by atoms with Gasteiger partial charge in [0.25, 0.3) is 0 Å². The molecule has 2 heteroatoms. The van der Waals surface area contributed by atoms with Gasteiger partial charge in [-0.1, -0.05) is 0 Å². The molecule has 0 nitrogen and oxygen atoms in total. The van der Waals surface area contributed by atoms with Crippen LogP contribution >= 0.6 is 24.4 Å². The van der Waals surface area contributed by atoms with Crippen LogP contribution in [0.5, 0.6) is 0 Å². The zero-order valence-electron chi connectivity index (χ0n) is 6.09. The van der Waals surface area contributed by atoms with Gasteiger partial charge in [-0.15, -0.1) is 24.4 Å². The monoisotopic (exact) mass is 170 g/mol. The Hall–Kier alpha value is -0.0800. The van der Waals surface area contributed by atoms with Gasteiger partial charge in [-0.3, -0.25) is 0 Å². The summed E-state index contributed by atoms with van der Waals surface area (Å²) in [5, 5.41) is 0. The zero-order chi connectivity index (χ0) is 7.56. The SMILES string of the molecule is CSc1ccc(S)c(C)c1. The summed E-state index contributed by atoms with van der Waals surface area (Å²) in [7, 11) is 0. The van der Waals surface area contributed by atoms with E-state index in [0.717, 1.165) is 4.90 Å². The number of thioether (sulfide) groups is 1. The molecule has 0 unspecified atom stereocenters. The molecule has 0 fully saturated rings. The Bertz CT molecular complexity index is 231. The number of hydrogen-bond donors (Lipinski definition) is 1. The van der Waals surface area contributed by atoms with E-state index in [2.05, 4.69) is 37.9 Å². The summed E-state index contributed by atoms with van der Waals surface area (Å²) < 4.78 is 0. The van der Waals surface area contributed by atoms with Crippen LogP contribution in [0, 0.1) is 6.92 Å². The lowest BCUT2D eigenvalue weighted by Crippen LogP contribution is -1.76. The van der Waals surface area contributed by atoms with Crippen molar-refractivity contribution in [1.82, 2.24) is 0 Å². The Morgan fingerprint density at radius 2 is 2.10 bits per heavy atom. The van der Waals surface area contributed by atoms with Gasteiger partial charge < -0.3 is 0 Å². The maximum absolute atomic E-state index is 4.27. The minimum atomic E-state index is 1.07. The molecular formula is C8H10S2. The molecule has 0 saturated heterocycles. The van der Waals surface area contributed by atoms with E-state index in [1.807, 2.05) is 6.07 Å². The lowest BCUT2D eigenvalue weighted by molar-refractivity contribution is 1.25. The third-order valence-corrected chi connectivity index (χ3v) is 2.63. The number of aryl methyl sites for hydroxylation is 1. The van der Waals surface area contributed by atoms with Crippen LogP contribution in [0.25, 0.3) is 0 Å². The number of benzene rings is 1. The van der Waals surface area contributed by atoms with Crippen molar-refractivity contribution in [2.24, 2.45) is 0 Å². The Kier molecular flexibility index (Phi) is 2.69. The predicted octanol–water partition coefficient (Wildman–Crippen LogP) is 3.01. The van der Waals surface area contributed by atoms with E-state index in [-0.39, 0.29) is 0 Å². The molecule has 1 rings (SSSR count). The standard InChI is InChI=1S/C8H10S2/c1-6-5-7(10-2)3-4-8(6)9/h3-5,9H,1-2H3. The first-order valence-corrected chi connectivity index (χ1v) is 4.75. The van der Waals surface area contributed by atoms with Crippen molar-refractivity contribution >= 4 is 24.4 Å². The third-order valence-electron chi connectivity index (χ3n) is 1.40. The van der Waals surface area contributed by atoms with Crippen molar-refractivity contribution in [2.75, 3.05) is 6.26 Å². The zero-order valence-corrected chi connectivity index (χ0v) is 7.80. The number of rotatable bonds is 1. The minimum Gasteiger partial charge on any atom is -0.143 e. The minimum absolute atomic E-state index is 1.07. The van der Waals surface area contributed by atoms with Crippen LogP contribution in [0.3, 0.4) is 0 Å². The summed E-state index contributed by atoms with van der Waals surface area (Å²) in [5.41, 5.74) is 1.25. The van der Waals surface area contributed by atoms with Crippen LogP contribution in [0.2, 0.25) is 0 Å². The molecule has 10 heavy (non-hydrogen) atoms. The molecule has 0 atom stereocenters. The van der Waals surface area contributed by atoms with E-state index in [0.29, 0.717) is 0 Å². The van der Waals surface area contributed by atoms with Crippen LogP contribution in [-0.2, 0) is 0 Å². The summed E-state index contributed by atoms with van der Waals surface area (Å²) in [6.45, 7) is 2.07. The lowest BCUT2D eigenvalue weighted by Gasteiger charge is -1.99. The van der Waals surface area contributed by atoms with Crippen molar-refractivity contribution in [3.63, 3.8) is 0 Å². The average Bonchev–Trinajstić information content (AvgIpc) is 1.95. The summed E-state index contributed by atoms with van der Waals surface area (Å²) >= 11 is 6.03. The van der Waals surface area contributed by atoms with Gasteiger partial charge in [0.05, 0.1) is 0 Å².